The van der Waals surface area contributed by atoms with Gasteiger partial charge in [0.1, 0.15) is 12.4 Å². The Kier molecular flexibility index (Phi) is 8.82. The van der Waals surface area contributed by atoms with Crippen LogP contribution in [0.5, 0.6) is 5.75 Å². The summed E-state index contributed by atoms with van der Waals surface area (Å²) in [6.45, 7) is 2.38. The van der Waals surface area contributed by atoms with Gasteiger partial charge in [-0.15, -0.1) is 0 Å². The number of nitro groups is 1. The van der Waals surface area contributed by atoms with Gasteiger partial charge in [0.2, 0.25) is 0 Å². The van der Waals surface area contributed by atoms with Crippen molar-refractivity contribution in [2.45, 2.75) is 19.3 Å². The van der Waals surface area contributed by atoms with Crippen molar-refractivity contribution in [2.75, 3.05) is 31.7 Å². The largest absolute Gasteiger partial charge is 0.492 e. The quantitative estimate of drug-likeness (QED) is 0.386. The molecule has 0 unspecified atom stereocenters. The molecular weight excluding hydrogens is 276 g/mol. The lowest BCUT2D eigenvalue weighted by Gasteiger charge is -2.07. The van der Waals surface area contributed by atoms with Gasteiger partial charge in [0.15, 0.2) is 0 Å². The van der Waals surface area contributed by atoms with Gasteiger partial charge in [-0.25, -0.2) is 0 Å². The maximum Gasteiger partial charge on any atom is 0.269 e. The smallest absolute Gasteiger partial charge is 0.269 e. The van der Waals surface area contributed by atoms with E-state index < -0.39 is 4.92 Å². The van der Waals surface area contributed by atoms with Gasteiger partial charge in [0, 0.05) is 18.7 Å². The highest BCUT2D eigenvalue weighted by atomic mass is 32.2. The van der Waals surface area contributed by atoms with Crippen LogP contribution in [0.2, 0.25) is 0 Å². The van der Waals surface area contributed by atoms with Gasteiger partial charge < -0.3 is 10.1 Å². The lowest BCUT2D eigenvalue weighted by molar-refractivity contribution is -0.384. The summed E-state index contributed by atoms with van der Waals surface area (Å²) in [6.07, 6.45) is 5.87. The third kappa shape index (κ3) is 7.35. The summed E-state index contributed by atoms with van der Waals surface area (Å²) in [5.74, 6) is 1.90. The maximum atomic E-state index is 10.5. The number of thioether (sulfide) groups is 1. The van der Waals surface area contributed by atoms with Crippen LogP contribution in [0.25, 0.3) is 0 Å². The zero-order valence-corrected chi connectivity index (χ0v) is 12.7. The van der Waals surface area contributed by atoms with Crippen molar-refractivity contribution >= 4 is 17.4 Å². The van der Waals surface area contributed by atoms with E-state index in [2.05, 4.69) is 11.6 Å². The second-order valence-corrected chi connectivity index (χ2v) is 5.39. The van der Waals surface area contributed by atoms with Gasteiger partial charge in [-0.05, 0) is 43.5 Å². The number of rotatable bonds is 11. The number of non-ortho nitro benzene ring substituents is 1. The zero-order chi connectivity index (χ0) is 14.6. The Morgan fingerprint density at radius 1 is 1.20 bits per heavy atom. The molecule has 0 saturated carbocycles. The summed E-state index contributed by atoms with van der Waals surface area (Å²) in [6, 6.07) is 6.16. The van der Waals surface area contributed by atoms with Crippen molar-refractivity contribution in [1.82, 2.24) is 5.32 Å². The molecule has 0 heterocycles. The Labute approximate surface area is 124 Å². The van der Waals surface area contributed by atoms with Gasteiger partial charge in [-0.1, -0.05) is 6.42 Å². The van der Waals surface area contributed by atoms with Gasteiger partial charge >= 0.3 is 0 Å². The molecule has 0 radical (unpaired) electrons. The summed E-state index contributed by atoms with van der Waals surface area (Å²) in [5, 5.41) is 13.8. The van der Waals surface area contributed by atoms with E-state index in [4.69, 9.17) is 4.74 Å². The van der Waals surface area contributed by atoms with E-state index in [-0.39, 0.29) is 5.69 Å². The highest BCUT2D eigenvalue weighted by Crippen LogP contribution is 2.16. The van der Waals surface area contributed by atoms with Crippen molar-refractivity contribution in [2.24, 2.45) is 0 Å². The molecule has 0 atom stereocenters. The number of ether oxygens (including phenoxy) is 1. The third-order valence-corrected chi connectivity index (χ3v) is 3.49. The lowest BCUT2D eigenvalue weighted by atomic mass is 10.2. The molecule has 0 bridgehead atoms. The average molecular weight is 298 g/mol. The highest BCUT2D eigenvalue weighted by molar-refractivity contribution is 7.98. The standard InChI is InChI=1S/C14H22N2O3S/c1-20-12-4-2-3-9-15-10-11-19-14-7-5-13(6-8-14)16(17)18/h5-8,15H,2-4,9-12H2,1H3. The van der Waals surface area contributed by atoms with Crippen LogP contribution in [0.1, 0.15) is 19.3 Å². The predicted molar refractivity (Wildman–Crippen MR) is 83.7 cm³/mol. The highest BCUT2D eigenvalue weighted by Gasteiger charge is 2.03. The molecular formula is C14H22N2O3S. The molecule has 0 spiro atoms. The molecule has 0 aliphatic rings. The Balaban J connectivity index is 2.02. The normalized spacial score (nSPS) is 10.4. The number of unbranched alkanes of at least 4 members (excludes halogenated alkanes) is 2. The molecule has 112 valence electrons. The third-order valence-electron chi connectivity index (χ3n) is 2.80. The number of nitrogens with one attached hydrogen (secondary N) is 1. The molecule has 0 aromatic heterocycles. The summed E-state index contributed by atoms with van der Waals surface area (Å²) in [4.78, 5) is 10.1. The number of hydrogen-bond donors (Lipinski definition) is 1. The van der Waals surface area contributed by atoms with Crippen LogP contribution >= 0.6 is 11.8 Å². The van der Waals surface area contributed by atoms with Crippen molar-refractivity contribution in [3.63, 3.8) is 0 Å². The number of nitrogens with zero attached hydrogens (tertiary/aromatic N) is 1. The minimum absolute atomic E-state index is 0.0840. The molecule has 0 saturated heterocycles. The van der Waals surface area contributed by atoms with E-state index in [1.165, 1.54) is 37.1 Å². The van der Waals surface area contributed by atoms with E-state index in [1.807, 2.05) is 11.8 Å². The summed E-state index contributed by atoms with van der Waals surface area (Å²) >= 11 is 1.89. The van der Waals surface area contributed by atoms with Crippen LogP contribution in [0.15, 0.2) is 24.3 Å². The van der Waals surface area contributed by atoms with Gasteiger partial charge in [-0.2, -0.15) is 11.8 Å². The first-order valence-corrected chi connectivity index (χ1v) is 8.20. The second kappa shape index (κ2) is 10.5. The van der Waals surface area contributed by atoms with E-state index in [0.29, 0.717) is 12.4 Å². The molecule has 5 nitrogen and oxygen atoms in total. The van der Waals surface area contributed by atoms with E-state index in [1.54, 1.807) is 12.1 Å². The first-order chi connectivity index (χ1) is 9.74. The monoisotopic (exact) mass is 298 g/mol. The first kappa shape index (κ1) is 16.8. The first-order valence-electron chi connectivity index (χ1n) is 6.81. The van der Waals surface area contributed by atoms with Crippen LogP contribution in [0.3, 0.4) is 0 Å². The SMILES string of the molecule is CSCCCCCNCCOc1ccc([N+](=O)[O-])cc1. The number of nitro benzene ring substituents is 1. The van der Waals surface area contributed by atoms with Crippen LogP contribution in [-0.4, -0.2) is 36.6 Å². The summed E-state index contributed by atoms with van der Waals surface area (Å²) < 4.78 is 5.50. The molecule has 1 aromatic carbocycles. The van der Waals surface area contributed by atoms with Crippen LogP contribution in [-0.2, 0) is 0 Å². The fourth-order valence-corrected chi connectivity index (χ4v) is 2.20. The minimum atomic E-state index is -0.414. The molecule has 1 rings (SSSR count). The second-order valence-electron chi connectivity index (χ2n) is 4.40. The van der Waals surface area contributed by atoms with Crippen LogP contribution in [0.4, 0.5) is 5.69 Å². The number of hydrogen-bond acceptors (Lipinski definition) is 5. The Hall–Kier alpha value is -1.27. The van der Waals surface area contributed by atoms with Gasteiger partial charge in [0.25, 0.3) is 5.69 Å². The maximum absolute atomic E-state index is 10.5. The molecule has 0 amide bonds. The van der Waals surface area contributed by atoms with E-state index >= 15 is 0 Å². The van der Waals surface area contributed by atoms with Gasteiger partial charge in [-0.3, -0.25) is 10.1 Å². The van der Waals surface area contributed by atoms with E-state index in [9.17, 15) is 10.1 Å². The fourth-order valence-electron chi connectivity index (χ4n) is 1.70. The minimum Gasteiger partial charge on any atom is -0.492 e. The molecule has 20 heavy (non-hydrogen) atoms. The predicted octanol–water partition coefficient (Wildman–Crippen LogP) is 3.10. The van der Waals surface area contributed by atoms with Gasteiger partial charge in [0.05, 0.1) is 4.92 Å². The van der Waals surface area contributed by atoms with Crippen molar-refractivity contribution < 1.29 is 9.66 Å². The van der Waals surface area contributed by atoms with Crippen molar-refractivity contribution in [1.29, 1.82) is 0 Å². The topological polar surface area (TPSA) is 64.4 Å². The Bertz CT molecular complexity index is 385. The van der Waals surface area contributed by atoms with Crippen molar-refractivity contribution in [3.05, 3.63) is 34.4 Å². The molecule has 0 aliphatic heterocycles. The molecule has 0 aliphatic carbocycles. The van der Waals surface area contributed by atoms with E-state index in [0.717, 1.165) is 13.1 Å². The Morgan fingerprint density at radius 3 is 2.60 bits per heavy atom. The number of benzene rings is 1. The molecule has 6 heteroatoms. The zero-order valence-electron chi connectivity index (χ0n) is 11.8. The summed E-state index contributed by atoms with van der Waals surface area (Å²) in [7, 11) is 0. The average Bonchev–Trinajstić information content (AvgIpc) is 2.46. The molecule has 0 fully saturated rings. The Morgan fingerprint density at radius 2 is 1.95 bits per heavy atom. The lowest BCUT2D eigenvalue weighted by Crippen LogP contribution is -2.22. The molecule has 1 N–H and O–H groups in total. The van der Waals surface area contributed by atoms with Crippen molar-refractivity contribution in [3.8, 4) is 5.75 Å². The van der Waals surface area contributed by atoms with Crippen LogP contribution in [0, 0.1) is 10.1 Å². The summed E-state index contributed by atoms with van der Waals surface area (Å²) in [5.41, 5.74) is 0.0840. The van der Waals surface area contributed by atoms with Crippen LogP contribution < -0.4 is 10.1 Å². The molecule has 1 aromatic rings. The fraction of sp³-hybridized carbons (Fsp3) is 0.571.